The van der Waals surface area contributed by atoms with Crippen molar-refractivity contribution < 1.29 is 0 Å². The summed E-state index contributed by atoms with van der Waals surface area (Å²) in [6, 6.07) is 10.8. The number of hydrogen-bond acceptors (Lipinski definition) is 2. The second kappa shape index (κ2) is 4.46. The van der Waals surface area contributed by atoms with Crippen molar-refractivity contribution in [1.29, 1.82) is 0 Å². The van der Waals surface area contributed by atoms with Gasteiger partial charge < -0.3 is 10.3 Å². The molecule has 1 aliphatic heterocycles. The molecule has 0 bridgehead atoms. The SMILES string of the molecule is Cc1ccc(-c2ccc3[nH]c4c(c3c2)CNCC4)cn1. The first-order valence-corrected chi connectivity index (χ1v) is 7.08. The van der Waals surface area contributed by atoms with Gasteiger partial charge in [-0.1, -0.05) is 12.1 Å². The number of hydrogen-bond donors (Lipinski definition) is 2. The molecule has 100 valence electrons. The zero-order valence-electron chi connectivity index (χ0n) is 11.5. The van der Waals surface area contributed by atoms with E-state index in [1.807, 2.05) is 13.1 Å². The summed E-state index contributed by atoms with van der Waals surface area (Å²) in [5, 5.41) is 4.79. The average Bonchev–Trinajstić information content (AvgIpc) is 2.86. The second-order valence-electron chi connectivity index (χ2n) is 5.46. The molecular formula is C17H17N3. The van der Waals surface area contributed by atoms with E-state index in [-0.39, 0.29) is 0 Å². The zero-order chi connectivity index (χ0) is 13.5. The first-order chi connectivity index (χ1) is 9.81. The first kappa shape index (κ1) is 11.7. The molecule has 0 unspecified atom stereocenters. The molecule has 3 nitrogen and oxygen atoms in total. The van der Waals surface area contributed by atoms with Crippen LogP contribution in [-0.4, -0.2) is 16.5 Å². The van der Waals surface area contributed by atoms with E-state index in [1.54, 1.807) is 0 Å². The topological polar surface area (TPSA) is 40.7 Å². The summed E-state index contributed by atoms with van der Waals surface area (Å²) in [5.74, 6) is 0. The smallest absolute Gasteiger partial charge is 0.0459 e. The number of rotatable bonds is 1. The van der Waals surface area contributed by atoms with Crippen LogP contribution in [0.4, 0.5) is 0 Å². The van der Waals surface area contributed by atoms with E-state index >= 15 is 0 Å². The fourth-order valence-corrected chi connectivity index (χ4v) is 2.96. The predicted molar refractivity (Wildman–Crippen MR) is 81.7 cm³/mol. The molecule has 0 radical (unpaired) electrons. The standard InChI is InChI=1S/C17H17N3/c1-11-2-3-13(9-19-11)12-4-5-16-14(8-12)15-10-18-7-6-17(15)20-16/h2-5,8-9,18,20H,6-7,10H2,1H3. The van der Waals surface area contributed by atoms with Gasteiger partial charge in [-0.15, -0.1) is 0 Å². The number of pyridine rings is 1. The third-order valence-corrected chi connectivity index (χ3v) is 4.09. The normalized spacial score (nSPS) is 14.4. The van der Waals surface area contributed by atoms with Gasteiger partial charge in [0.15, 0.2) is 0 Å². The molecule has 0 spiro atoms. The van der Waals surface area contributed by atoms with Crippen molar-refractivity contribution in [1.82, 2.24) is 15.3 Å². The van der Waals surface area contributed by atoms with Crippen molar-refractivity contribution in [3.63, 3.8) is 0 Å². The molecule has 0 aliphatic carbocycles. The molecule has 2 N–H and O–H groups in total. The molecule has 0 fully saturated rings. The summed E-state index contributed by atoms with van der Waals surface area (Å²) in [6.45, 7) is 4.04. The maximum atomic E-state index is 4.39. The fourth-order valence-electron chi connectivity index (χ4n) is 2.96. The number of nitrogens with one attached hydrogen (secondary N) is 2. The van der Waals surface area contributed by atoms with Crippen molar-refractivity contribution in [3.05, 3.63) is 53.5 Å². The van der Waals surface area contributed by atoms with Crippen LogP contribution >= 0.6 is 0 Å². The van der Waals surface area contributed by atoms with Gasteiger partial charge in [-0.2, -0.15) is 0 Å². The molecule has 4 rings (SSSR count). The van der Waals surface area contributed by atoms with E-state index in [9.17, 15) is 0 Å². The maximum Gasteiger partial charge on any atom is 0.0459 e. The summed E-state index contributed by atoms with van der Waals surface area (Å²) in [5.41, 5.74) is 7.51. The van der Waals surface area contributed by atoms with Crippen LogP contribution in [0.2, 0.25) is 0 Å². The Morgan fingerprint density at radius 2 is 2.00 bits per heavy atom. The summed E-state index contributed by atoms with van der Waals surface area (Å²) < 4.78 is 0. The molecule has 1 aliphatic rings. The van der Waals surface area contributed by atoms with Crippen LogP contribution in [0.1, 0.15) is 17.0 Å². The molecule has 0 atom stereocenters. The second-order valence-corrected chi connectivity index (χ2v) is 5.46. The van der Waals surface area contributed by atoms with Gasteiger partial charge in [0, 0.05) is 53.6 Å². The van der Waals surface area contributed by atoms with Gasteiger partial charge in [-0.05, 0) is 36.2 Å². The van der Waals surface area contributed by atoms with Crippen LogP contribution in [0.15, 0.2) is 36.5 Å². The van der Waals surface area contributed by atoms with Gasteiger partial charge in [0.05, 0.1) is 0 Å². The minimum absolute atomic E-state index is 0.963. The third-order valence-electron chi connectivity index (χ3n) is 4.09. The number of benzene rings is 1. The number of aromatic amines is 1. The lowest BCUT2D eigenvalue weighted by atomic mass is 10.0. The van der Waals surface area contributed by atoms with Gasteiger partial charge in [-0.25, -0.2) is 0 Å². The average molecular weight is 263 g/mol. The molecule has 3 heterocycles. The Labute approximate surface area is 118 Å². The van der Waals surface area contributed by atoms with Crippen LogP contribution in [0.3, 0.4) is 0 Å². The van der Waals surface area contributed by atoms with Gasteiger partial charge in [0.1, 0.15) is 0 Å². The van der Waals surface area contributed by atoms with Crippen LogP contribution in [0.5, 0.6) is 0 Å². The Balaban J connectivity index is 1.87. The quantitative estimate of drug-likeness (QED) is 0.708. The lowest BCUT2D eigenvalue weighted by Gasteiger charge is -2.12. The number of H-pyrrole nitrogens is 1. The van der Waals surface area contributed by atoms with Crippen molar-refractivity contribution in [2.75, 3.05) is 6.54 Å². The highest BCUT2D eigenvalue weighted by Gasteiger charge is 2.15. The van der Waals surface area contributed by atoms with Gasteiger partial charge >= 0.3 is 0 Å². The van der Waals surface area contributed by atoms with Gasteiger partial charge in [0.25, 0.3) is 0 Å². The van der Waals surface area contributed by atoms with Crippen LogP contribution in [0, 0.1) is 6.92 Å². The Kier molecular flexibility index (Phi) is 2.60. The van der Waals surface area contributed by atoms with E-state index in [0.29, 0.717) is 0 Å². The molecule has 20 heavy (non-hydrogen) atoms. The monoisotopic (exact) mass is 263 g/mol. The summed E-state index contributed by atoms with van der Waals surface area (Å²) in [7, 11) is 0. The van der Waals surface area contributed by atoms with E-state index in [1.165, 1.54) is 33.3 Å². The maximum absolute atomic E-state index is 4.39. The van der Waals surface area contributed by atoms with E-state index in [4.69, 9.17) is 0 Å². The molecule has 3 aromatic rings. The van der Waals surface area contributed by atoms with E-state index in [2.05, 4.69) is 45.6 Å². The lowest BCUT2D eigenvalue weighted by molar-refractivity contribution is 0.641. The lowest BCUT2D eigenvalue weighted by Crippen LogP contribution is -2.22. The summed E-state index contributed by atoms with van der Waals surface area (Å²) in [6.07, 6.45) is 3.04. The Morgan fingerprint density at radius 1 is 1.10 bits per heavy atom. The number of aromatic nitrogens is 2. The number of aryl methyl sites for hydroxylation is 1. The Morgan fingerprint density at radius 3 is 2.85 bits per heavy atom. The molecule has 0 saturated heterocycles. The van der Waals surface area contributed by atoms with E-state index in [0.717, 1.165) is 25.2 Å². The minimum atomic E-state index is 0.963. The van der Waals surface area contributed by atoms with Gasteiger partial charge in [0.2, 0.25) is 0 Å². The Hall–Kier alpha value is -2.13. The highest BCUT2D eigenvalue weighted by atomic mass is 14.9. The largest absolute Gasteiger partial charge is 0.358 e. The Bertz CT molecular complexity index is 769. The molecule has 1 aromatic carbocycles. The van der Waals surface area contributed by atoms with Crippen molar-refractivity contribution in [3.8, 4) is 11.1 Å². The highest BCUT2D eigenvalue weighted by Crippen LogP contribution is 2.29. The van der Waals surface area contributed by atoms with Crippen molar-refractivity contribution >= 4 is 10.9 Å². The van der Waals surface area contributed by atoms with Crippen LogP contribution < -0.4 is 5.32 Å². The van der Waals surface area contributed by atoms with Crippen molar-refractivity contribution in [2.24, 2.45) is 0 Å². The third kappa shape index (κ3) is 1.82. The first-order valence-electron chi connectivity index (χ1n) is 7.08. The zero-order valence-corrected chi connectivity index (χ0v) is 11.5. The number of fused-ring (bicyclic) bond motifs is 3. The predicted octanol–water partition coefficient (Wildman–Crippen LogP) is 3.18. The summed E-state index contributed by atoms with van der Waals surface area (Å²) in [4.78, 5) is 7.94. The molecular weight excluding hydrogens is 246 g/mol. The minimum Gasteiger partial charge on any atom is -0.358 e. The van der Waals surface area contributed by atoms with E-state index < -0.39 is 0 Å². The molecule has 3 heteroatoms. The number of nitrogens with zero attached hydrogens (tertiary/aromatic N) is 1. The molecule has 0 amide bonds. The summed E-state index contributed by atoms with van der Waals surface area (Å²) >= 11 is 0. The molecule has 0 saturated carbocycles. The molecule has 2 aromatic heterocycles. The van der Waals surface area contributed by atoms with Crippen LogP contribution in [-0.2, 0) is 13.0 Å². The fraction of sp³-hybridized carbons (Fsp3) is 0.235. The van der Waals surface area contributed by atoms with Crippen molar-refractivity contribution in [2.45, 2.75) is 19.9 Å². The van der Waals surface area contributed by atoms with Gasteiger partial charge in [-0.3, -0.25) is 4.98 Å². The van der Waals surface area contributed by atoms with Crippen LogP contribution in [0.25, 0.3) is 22.0 Å². The highest BCUT2D eigenvalue weighted by molar-refractivity contribution is 5.89.